The highest BCUT2D eigenvalue weighted by molar-refractivity contribution is 5.88. The Balaban J connectivity index is 1.81. The van der Waals surface area contributed by atoms with Crippen LogP contribution in [0.5, 0.6) is 0 Å². The zero-order valence-corrected chi connectivity index (χ0v) is 16.8. The van der Waals surface area contributed by atoms with Crippen molar-refractivity contribution in [2.75, 3.05) is 10.3 Å². The maximum Gasteiger partial charge on any atom is 0.287 e. The highest BCUT2D eigenvalue weighted by Gasteiger charge is 2.32. The van der Waals surface area contributed by atoms with Gasteiger partial charge in [0.15, 0.2) is 0 Å². The molecule has 1 aliphatic rings. The van der Waals surface area contributed by atoms with Crippen molar-refractivity contribution < 1.29 is 4.92 Å². The molecule has 7 nitrogen and oxygen atoms in total. The summed E-state index contributed by atoms with van der Waals surface area (Å²) in [7, 11) is 0. The van der Waals surface area contributed by atoms with Gasteiger partial charge in [0.1, 0.15) is 12.0 Å². The largest absolute Gasteiger partial charge is 0.360 e. The Labute approximate surface area is 164 Å². The van der Waals surface area contributed by atoms with Gasteiger partial charge in [-0.05, 0) is 64.0 Å². The number of nitrogens with one attached hydrogen (secondary N) is 1. The number of rotatable bonds is 5. The topological polar surface area (TPSA) is 83.7 Å². The number of nitrogens with zero attached hydrogens (tertiary/aromatic N) is 4. The van der Waals surface area contributed by atoms with E-state index in [0.717, 1.165) is 5.56 Å². The summed E-state index contributed by atoms with van der Waals surface area (Å²) in [4.78, 5) is 16.6. The van der Waals surface area contributed by atoms with Crippen LogP contribution in [0.3, 0.4) is 0 Å². The van der Waals surface area contributed by atoms with Gasteiger partial charge in [-0.3, -0.25) is 15.5 Å². The van der Waals surface area contributed by atoms with Crippen LogP contribution < -0.4 is 10.3 Å². The molecule has 146 valence electrons. The Morgan fingerprint density at radius 1 is 1.29 bits per heavy atom. The van der Waals surface area contributed by atoms with E-state index in [9.17, 15) is 10.1 Å². The molecule has 28 heavy (non-hydrogen) atoms. The molecule has 0 spiro atoms. The molecule has 0 saturated carbocycles. The normalized spacial score (nSPS) is 15.5. The molecule has 0 saturated heterocycles. The van der Waals surface area contributed by atoms with Crippen LogP contribution in [0.4, 0.5) is 17.2 Å². The van der Waals surface area contributed by atoms with Crippen molar-refractivity contribution in [1.82, 2.24) is 4.98 Å². The second-order valence-corrected chi connectivity index (χ2v) is 7.75. The van der Waals surface area contributed by atoms with E-state index in [1.54, 1.807) is 6.21 Å². The van der Waals surface area contributed by atoms with Gasteiger partial charge in [0, 0.05) is 23.4 Å². The number of benzene rings is 1. The average Bonchev–Trinajstić information content (AvgIpc) is 2.61. The Morgan fingerprint density at radius 2 is 2.04 bits per heavy atom. The molecule has 0 radical (unpaired) electrons. The molecule has 0 atom stereocenters. The summed E-state index contributed by atoms with van der Waals surface area (Å²) < 4.78 is 0. The zero-order chi connectivity index (χ0) is 20.5. The first-order valence-corrected chi connectivity index (χ1v) is 9.22. The second kappa shape index (κ2) is 7.42. The van der Waals surface area contributed by atoms with Crippen LogP contribution in [0.25, 0.3) is 5.57 Å². The minimum absolute atomic E-state index is 0.0377. The number of allylic oxidation sites excluding steroid dienone is 1. The fraction of sp³-hybridized carbons (Fsp3) is 0.333. The lowest BCUT2D eigenvalue weighted by molar-refractivity contribution is -0.385. The van der Waals surface area contributed by atoms with E-state index >= 15 is 0 Å². The molecule has 1 N–H and O–H groups in total. The van der Waals surface area contributed by atoms with Gasteiger partial charge in [-0.1, -0.05) is 12.1 Å². The van der Waals surface area contributed by atoms with Crippen molar-refractivity contribution >= 4 is 29.0 Å². The van der Waals surface area contributed by atoms with Crippen LogP contribution in [0.1, 0.15) is 45.7 Å². The number of aromatic nitrogens is 1. The second-order valence-electron chi connectivity index (χ2n) is 7.75. The molecule has 0 aliphatic carbocycles. The molecule has 3 rings (SSSR count). The van der Waals surface area contributed by atoms with Crippen molar-refractivity contribution in [2.24, 2.45) is 5.10 Å². The first kappa shape index (κ1) is 19.5. The number of anilines is 2. The van der Waals surface area contributed by atoms with Crippen LogP contribution in [0.2, 0.25) is 0 Å². The van der Waals surface area contributed by atoms with E-state index < -0.39 is 4.92 Å². The van der Waals surface area contributed by atoms with Gasteiger partial charge in [-0.25, -0.2) is 4.98 Å². The lowest BCUT2D eigenvalue weighted by Crippen LogP contribution is -2.49. The van der Waals surface area contributed by atoms with E-state index in [4.69, 9.17) is 0 Å². The molecule has 0 amide bonds. The SMILES string of the molecule is CC1=CC(C)(C)N(C(C)C)c2ccc(/C=N\Nc3ccc([N+](=O)[O-])cn3)cc21. The fourth-order valence-corrected chi connectivity index (χ4v) is 3.82. The summed E-state index contributed by atoms with van der Waals surface area (Å²) in [5.74, 6) is 0.448. The quantitative estimate of drug-likeness (QED) is 0.456. The third-order valence-electron chi connectivity index (χ3n) is 4.76. The first-order chi connectivity index (χ1) is 13.2. The summed E-state index contributed by atoms with van der Waals surface area (Å²) in [6, 6.07) is 9.60. The standard InChI is InChI=1S/C21H25N5O2/c1-14(2)25-19-8-6-16(10-18(19)15(3)11-21(25,4)5)12-23-24-20-9-7-17(13-22-20)26(27)28/h6-14H,1-5H3,(H,22,24)/b23-12-. The van der Waals surface area contributed by atoms with Crippen LogP contribution in [0.15, 0.2) is 47.7 Å². The number of nitro groups is 1. The van der Waals surface area contributed by atoms with Crippen molar-refractivity contribution in [2.45, 2.75) is 46.2 Å². The Bertz CT molecular complexity index is 946. The van der Waals surface area contributed by atoms with E-state index in [2.05, 4.69) is 73.2 Å². The first-order valence-electron chi connectivity index (χ1n) is 9.22. The Morgan fingerprint density at radius 3 is 2.64 bits per heavy atom. The Hall–Kier alpha value is -3.22. The highest BCUT2D eigenvalue weighted by atomic mass is 16.6. The molecular formula is C21H25N5O2. The highest BCUT2D eigenvalue weighted by Crippen LogP contribution is 2.40. The summed E-state index contributed by atoms with van der Waals surface area (Å²) in [5.41, 5.74) is 7.35. The number of hydrogen-bond acceptors (Lipinski definition) is 6. The summed E-state index contributed by atoms with van der Waals surface area (Å²) in [5, 5.41) is 14.9. The minimum Gasteiger partial charge on any atom is -0.360 e. The summed E-state index contributed by atoms with van der Waals surface area (Å²) >= 11 is 0. The lowest BCUT2D eigenvalue weighted by atomic mass is 9.87. The molecule has 2 aromatic rings. The van der Waals surface area contributed by atoms with E-state index in [-0.39, 0.29) is 11.2 Å². The maximum atomic E-state index is 10.7. The number of hydrazone groups is 1. The van der Waals surface area contributed by atoms with Gasteiger partial charge in [0.25, 0.3) is 5.69 Å². The lowest BCUT2D eigenvalue weighted by Gasteiger charge is -2.46. The minimum atomic E-state index is -0.481. The third-order valence-corrected chi connectivity index (χ3v) is 4.76. The predicted octanol–water partition coefficient (Wildman–Crippen LogP) is 4.85. The molecular weight excluding hydrogens is 354 g/mol. The molecule has 1 aliphatic heterocycles. The molecule has 1 aromatic heterocycles. The van der Waals surface area contributed by atoms with Gasteiger partial charge in [0.2, 0.25) is 0 Å². The maximum absolute atomic E-state index is 10.7. The Kier molecular flexibility index (Phi) is 5.18. The summed E-state index contributed by atoms with van der Waals surface area (Å²) in [6.45, 7) is 11.0. The average molecular weight is 379 g/mol. The van der Waals surface area contributed by atoms with Crippen molar-refractivity contribution in [3.05, 3.63) is 63.8 Å². The van der Waals surface area contributed by atoms with Crippen LogP contribution in [0, 0.1) is 10.1 Å². The monoisotopic (exact) mass is 379 g/mol. The van der Waals surface area contributed by atoms with Gasteiger partial charge in [-0.2, -0.15) is 5.10 Å². The third kappa shape index (κ3) is 3.88. The molecule has 0 fully saturated rings. The predicted molar refractivity (Wildman–Crippen MR) is 114 cm³/mol. The van der Waals surface area contributed by atoms with E-state index in [0.29, 0.717) is 11.9 Å². The van der Waals surface area contributed by atoms with Crippen LogP contribution in [-0.4, -0.2) is 27.7 Å². The van der Waals surface area contributed by atoms with E-state index in [1.807, 2.05) is 6.07 Å². The number of pyridine rings is 1. The number of fused-ring (bicyclic) bond motifs is 1. The van der Waals surface area contributed by atoms with Crippen molar-refractivity contribution in [3.8, 4) is 0 Å². The zero-order valence-electron chi connectivity index (χ0n) is 16.8. The molecule has 7 heteroatoms. The smallest absolute Gasteiger partial charge is 0.287 e. The van der Waals surface area contributed by atoms with Crippen LogP contribution in [-0.2, 0) is 0 Å². The molecule has 0 unspecified atom stereocenters. The van der Waals surface area contributed by atoms with Gasteiger partial charge in [0.05, 0.1) is 16.7 Å². The van der Waals surface area contributed by atoms with E-state index in [1.165, 1.54) is 35.2 Å². The van der Waals surface area contributed by atoms with Crippen LogP contribution >= 0.6 is 0 Å². The van der Waals surface area contributed by atoms with Crippen molar-refractivity contribution in [3.63, 3.8) is 0 Å². The number of hydrogen-bond donors (Lipinski definition) is 1. The van der Waals surface area contributed by atoms with Gasteiger partial charge in [-0.15, -0.1) is 0 Å². The fourth-order valence-electron chi connectivity index (χ4n) is 3.82. The molecule has 0 bridgehead atoms. The summed E-state index contributed by atoms with van der Waals surface area (Å²) in [6.07, 6.45) is 5.22. The van der Waals surface area contributed by atoms with Gasteiger partial charge < -0.3 is 4.90 Å². The molecule has 2 heterocycles. The van der Waals surface area contributed by atoms with Crippen molar-refractivity contribution in [1.29, 1.82) is 0 Å². The molecule has 1 aromatic carbocycles. The van der Waals surface area contributed by atoms with Gasteiger partial charge >= 0.3 is 0 Å².